The van der Waals surface area contributed by atoms with Gasteiger partial charge in [-0.1, -0.05) is 29.8 Å². The molecule has 1 aromatic heterocycles. The van der Waals surface area contributed by atoms with E-state index in [1.807, 2.05) is 31.2 Å². The molecule has 1 heterocycles. The van der Waals surface area contributed by atoms with E-state index in [0.29, 0.717) is 41.2 Å². The third kappa shape index (κ3) is 5.22. The van der Waals surface area contributed by atoms with Gasteiger partial charge in [-0.2, -0.15) is 0 Å². The van der Waals surface area contributed by atoms with Gasteiger partial charge in [-0.3, -0.25) is 15.7 Å². The van der Waals surface area contributed by atoms with Crippen LogP contribution >= 0.6 is 11.6 Å². The highest BCUT2D eigenvalue weighted by molar-refractivity contribution is 6.30. The van der Waals surface area contributed by atoms with Crippen LogP contribution in [0.2, 0.25) is 5.02 Å². The van der Waals surface area contributed by atoms with Gasteiger partial charge in [-0.05, 0) is 43.3 Å². The molecule has 3 rings (SSSR count). The summed E-state index contributed by atoms with van der Waals surface area (Å²) in [7, 11) is 0. The van der Waals surface area contributed by atoms with Crippen LogP contribution in [0.25, 0.3) is 0 Å². The highest BCUT2D eigenvalue weighted by Gasteiger charge is 2.07. The monoisotopic (exact) mass is 397 g/mol. The van der Waals surface area contributed by atoms with E-state index in [1.165, 1.54) is 0 Å². The third-order valence-corrected chi connectivity index (χ3v) is 4.08. The number of amidine groups is 1. The molecule has 6 nitrogen and oxygen atoms in total. The summed E-state index contributed by atoms with van der Waals surface area (Å²) in [6.07, 6.45) is 1.57. The molecule has 2 aromatic carbocycles. The summed E-state index contributed by atoms with van der Waals surface area (Å²) < 4.78 is 11.3. The zero-order chi connectivity index (χ0) is 19.8. The Bertz CT molecular complexity index is 928. The molecule has 28 heavy (non-hydrogen) atoms. The number of benzene rings is 2. The molecule has 0 radical (unpaired) electrons. The van der Waals surface area contributed by atoms with Gasteiger partial charge in [0.25, 0.3) is 0 Å². The van der Waals surface area contributed by atoms with E-state index in [2.05, 4.69) is 15.5 Å². The zero-order valence-electron chi connectivity index (χ0n) is 15.3. The summed E-state index contributed by atoms with van der Waals surface area (Å²) >= 11 is 5.86. The van der Waals surface area contributed by atoms with Crippen LogP contribution in [-0.4, -0.2) is 22.6 Å². The lowest BCUT2D eigenvalue weighted by Gasteiger charge is -2.10. The lowest BCUT2D eigenvalue weighted by atomic mass is 10.2. The molecule has 0 spiro atoms. The van der Waals surface area contributed by atoms with Gasteiger partial charge in [0.05, 0.1) is 13.2 Å². The summed E-state index contributed by atoms with van der Waals surface area (Å²) in [5, 5.41) is 10.1. The highest BCUT2D eigenvalue weighted by atomic mass is 35.5. The normalized spacial score (nSPS) is 11.2. The predicted molar refractivity (Wildman–Crippen MR) is 109 cm³/mol. The van der Waals surface area contributed by atoms with E-state index in [0.717, 1.165) is 11.3 Å². The average molecular weight is 398 g/mol. The number of hydrogen-bond acceptors (Lipinski definition) is 5. The summed E-state index contributed by atoms with van der Waals surface area (Å²) in [4.78, 5) is 8.68. The Morgan fingerprint density at radius 2 is 1.89 bits per heavy atom. The molecule has 3 aromatic rings. The van der Waals surface area contributed by atoms with Gasteiger partial charge >= 0.3 is 0 Å². The van der Waals surface area contributed by atoms with E-state index in [1.54, 1.807) is 42.6 Å². The minimum absolute atomic E-state index is 0.303. The number of aliphatic imine (C=N–C) groups is 1. The van der Waals surface area contributed by atoms with Gasteiger partial charge in [-0.15, -0.1) is 0 Å². The number of aromatic nitrogens is 1. The second kappa shape index (κ2) is 9.73. The van der Waals surface area contributed by atoms with E-state index in [-0.39, 0.29) is 0 Å². The number of hydrogen-bond donors (Lipinski definition) is 2. The Morgan fingerprint density at radius 3 is 2.57 bits per heavy atom. The predicted octanol–water partition coefficient (Wildman–Crippen LogP) is 4.85. The number of nitrogens with one attached hydrogen (secondary N) is 1. The topological polar surface area (TPSA) is 76.0 Å². The molecule has 0 aliphatic rings. The fourth-order valence-corrected chi connectivity index (χ4v) is 2.62. The van der Waals surface area contributed by atoms with Gasteiger partial charge in [0, 0.05) is 28.4 Å². The number of rotatable bonds is 7. The number of para-hydroxylation sites is 1. The van der Waals surface area contributed by atoms with Crippen LogP contribution in [0.5, 0.6) is 17.4 Å². The van der Waals surface area contributed by atoms with Crippen LogP contribution in [0.4, 0.5) is 0 Å². The molecule has 0 saturated heterocycles. The molecule has 0 fully saturated rings. The molecular weight excluding hydrogens is 378 g/mol. The number of hydroxylamine groups is 1. The maximum absolute atomic E-state index is 9.48. The van der Waals surface area contributed by atoms with Gasteiger partial charge in [0.15, 0.2) is 5.84 Å². The summed E-state index contributed by atoms with van der Waals surface area (Å²) in [5.41, 5.74) is 3.68. The number of nitrogens with zero attached hydrogens (tertiary/aromatic N) is 2. The lowest BCUT2D eigenvalue weighted by Crippen LogP contribution is -2.20. The first-order valence-corrected chi connectivity index (χ1v) is 9.12. The van der Waals surface area contributed by atoms with Crippen molar-refractivity contribution in [1.29, 1.82) is 0 Å². The van der Waals surface area contributed by atoms with Crippen LogP contribution < -0.4 is 15.0 Å². The highest BCUT2D eigenvalue weighted by Crippen LogP contribution is 2.22. The summed E-state index contributed by atoms with van der Waals surface area (Å²) in [5.74, 6) is 2.13. The van der Waals surface area contributed by atoms with Gasteiger partial charge < -0.3 is 9.47 Å². The Labute approximate surface area is 168 Å². The fourth-order valence-electron chi connectivity index (χ4n) is 2.49. The number of pyridine rings is 1. The van der Waals surface area contributed by atoms with Crippen molar-refractivity contribution in [3.63, 3.8) is 0 Å². The van der Waals surface area contributed by atoms with Crippen molar-refractivity contribution in [2.45, 2.75) is 13.5 Å². The average Bonchev–Trinajstić information content (AvgIpc) is 2.72. The van der Waals surface area contributed by atoms with Crippen molar-refractivity contribution in [2.24, 2.45) is 4.99 Å². The van der Waals surface area contributed by atoms with Gasteiger partial charge in [-0.25, -0.2) is 4.98 Å². The molecule has 2 N–H and O–H groups in total. The molecular formula is C21H20ClN3O3. The molecule has 0 amide bonds. The first-order chi connectivity index (χ1) is 13.7. The maximum atomic E-state index is 9.48. The van der Waals surface area contributed by atoms with Crippen molar-refractivity contribution in [3.8, 4) is 17.4 Å². The van der Waals surface area contributed by atoms with Crippen LogP contribution in [0.3, 0.4) is 0 Å². The quantitative estimate of drug-likeness (QED) is 0.338. The maximum Gasteiger partial charge on any atom is 0.219 e. The molecule has 0 saturated carbocycles. The smallest absolute Gasteiger partial charge is 0.219 e. The molecule has 0 aliphatic heterocycles. The minimum atomic E-state index is 0.303. The van der Waals surface area contributed by atoms with E-state index in [4.69, 9.17) is 21.1 Å². The fraction of sp³-hybridized carbons (Fsp3) is 0.143. The minimum Gasteiger partial charge on any atom is -0.494 e. The Hall–Kier alpha value is -3.09. The first-order valence-electron chi connectivity index (χ1n) is 8.74. The summed E-state index contributed by atoms with van der Waals surface area (Å²) in [6.45, 7) is 2.85. The van der Waals surface area contributed by atoms with Crippen LogP contribution in [0.1, 0.15) is 18.1 Å². The van der Waals surface area contributed by atoms with Crippen molar-refractivity contribution in [2.75, 3.05) is 6.61 Å². The Morgan fingerprint density at radius 1 is 1.11 bits per heavy atom. The standard InChI is InChI=1S/C21H20ClN3O3/c1-2-27-19-6-4-3-5-15(19)13-24-21(25-26)16-7-12-20(23-14-16)28-18-10-8-17(22)9-11-18/h3-12,14,26H,2,13H2,1H3,(H,24,25). The molecule has 0 unspecified atom stereocenters. The molecule has 7 heteroatoms. The van der Waals surface area contributed by atoms with E-state index >= 15 is 0 Å². The van der Waals surface area contributed by atoms with Crippen LogP contribution in [0.15, 0.2) is 71.9 Å². The number of halogens is 1. The van der Waals surface area contributed by atoms with Crippen molar-refractivity contribution < 1.29 is 14.7 Å². The lowest BCUT2D eigenvalue weighted by molar-refractivity contribution is 0.234. The Balaban J connectivity index is 1.72. The Kier molecular flexibility index (Phi) is 6.84. The second-order valence-corrected chi connectivity index (χ2v) is 6.19. The third-order valence-electron chi connectivity index (χ3n) is 3.83. The number of ether oxygens (including phenoxy) is 2. The molecule has 0 atom stereocenters. The van der Waals surface area contributed by atoms with Gasteiger partial charge in [0.1, 0.15) is 11.5 Å². The first kappa shape index (κ1) is 19.7. The molecule has 0 bridgehead atoms. The molecule has 144 valence electrons. The second-order valence-electron chi connectivity index (χ2n) is 5.76. The summed E-state index contributed by atoms with van der Waals surface area (Å²) in [6, 6.07) is 18.1. The molecule has 0 aliphatic carbocycles. The van der Waals surface area contributed by atoms with Crippen molar-refractivity contribution in [1.82, 2.24) is 10.5 Å². The van der Waals surface area contributed by atoms with Crippen molar-refractivity contribution >= 4 is 17.4 Å². The van der Waals surface area contributed by atoms with Gasteiger partial charge in [0.2, 0.25) is 5.88 Å². The van der Waals surface area contributed by atoms with E-state index < -0.39 is 0 Å². The SMILES string of the molecule is CCOc1ccccc1CN=C(NO)c1ccc(Oc2ccc(Cl)cc2)nc1. The van der Waals surface area contributed by atoms with E-state index in [9.17, 15) is 5.21 Å². The van der Waals surface area contributed by atoms with Crippen LogP contribution in [0, 0.1) is 0 Å². The largest absolute Gasteiger partial charge is 0.494 e. The van der Waals surface area contributed by atoms with Crippen LogP contribution in [-0.2, 0) is 6.54 Å². The van der Waals surface area contributed by atoms with Crippen molar-refractivity contribution in [3.05, 3.63) is 83.0 Å². The zero-order valence-corrected chi connectivity index (χ0v) is 16.1.